The predicted molar refractivity (Wildman–Crippen MR) is 142 cm³/mol. The van der Waals surface area contributed by atoms with Gasteiger partial charge in [0.05, 0.1) is 19.6 Å². The highest BCUT2D eigenvalue weighted by atomic mass is 16.5. The van der Waals surface area contributed by atoms with Gasteiger partial charge in [-0.2, -0.15) is 0 Å². The molecule has 5 rings (SSSR count). The smallest absolute Gasteiger partial charge is 0.220 e. The molecule has 2 aromatic heterocycles. The molecule has 5 aromatic rings. The van der Waals surface area contributed by atoms with E-state index in [1.165, 1.54) is 5.56 Å². The van der Waals surface area contributed by atoms with Gasteiger partial charge < -0.3 is 19.0 Å². The van der Waals surface area contributed by atoms with Crippen LogP contribution in [0.4, 0.5) is 0 Å². The van der Waals surface area contributed by atoms with E-state index in [-0.39, 0.29) is 5.91 Å². The molecule has 2 heterocycles. The zero-order valence-electron chi connectivity index (χ0n) is 20.6. The van der Waals surface area contributed by atoms with Crippen molar-refractivity contribution in [3.63, 3.8) is 0 Å². The lowest BCUT2D eigenvalue weighted by molar-refractivity contribution is -0.121. The van der Waals surface area contributed by atoms with Crippen LogP contribution in [0.2, 0.25) is 0 Å². The highest BCUT2D eigenvalue weighted by Gasteiger charge is 2.11. The van der Waals surface area contributed by atoms with Crippen molar-refractivity contribution in [3.8, 4) is 28.2 Å². The number of nitrogens with zero attached hydrogens (tertiary/aromatic N) is 3. The number of benzene rings is 3. The van der Waals surface area contributed by atoms with E-state index >= 15 is 0 Å². The van der Waals surface area contributed by atoms with E-state index in [2.05, 4.69) is 45.6 Å². The first-order chi connectivity index (χ1) is 18.2. The van der Waals surface area contributed by atoms with Crippen molar-refractivity contribution < 1.29 is 13.9 Å². The van der Waals surface area contributed by atoms with Gasteiger partial charge in [-0.25, -0.2) is 9.97 Å². The van der Waals surface area contributed by atoms with E-state index in [9.17, 15) is 4.79 Å². The standard InChI is InChI=1S/C30H28N4O3/c1-36-26-12-10-24(11-13-26)28-19-33-30(37-28)15-14-29(35)32-18-25-4-2-3-5-27(25)23-8-6-22(7-9-23)20-34-17-16-31-21-34/h2-13,16-17,19,21H,14-15,18,20H2,1H3,(H,32,35). The second-order valence-corrected chi connectivity index (χ2v) is 8.71. The van der Waals surface area contributed by atoms with Crippen molar-refractivity contribution in [2.75, 3.05) is 7.11 Å². The van der Waals surface area contributed by atoms with Gasteiger partial charge >= 0.3 is 0 Å². The lowest BCUT2D eigenvalue weighted by atomic mass is 9.98. The molecule has 1 N–H and O–H groups in total. The number of methoxy groups -OCH3 is 1. The molecule has 3 aromatic carbocycles. The number of rotatable bonds is 10. The lowest BCUT2D eigenvalue weighted by Crippen LogP contribution is -2.23. The quantitative estimate of drug-likeness (QED) is 0.278. The van der Waals surface area contributed by atoms with Crippen molar-refractivity contribution in [2.24, 2.45) is 0 Å². The second kappa shape index (κ2) is 11.4. The minimum absolute atomic E-state index is 0.0466. The monoisotopic (exact) mass is 492 g/mol. The van der Waals surface area contributed by atoms with E-state index in [1.807, 2.05) is 59.6 Å². The maximum absolute atomic E-state index is 12.6. The SMILES string of the molecule is COc1ccc(-c2cnc(CCC(=O)NCc3ccccc3-c3ccc(Cn4ccnc4)cc3)o2)cc1. The van der Waals surface area contributed by atoms with Crippen LogP contribution in [0.3, 0.4) is 0 Å². The largest absolute Gasteiger partial charge is 0.497 e. The highest BCUT2D eigenvalue weighted by Crippen LogP contribution is 2.25. The molecular formula is C30H28N4O3. The number of carbonyl (C=O) groups is 1. The Balaban J connectivity index is 1.16. The molecule has 0 unspecified atom stereocenters. The first-order valence-corrected chi connectivity index (χ1v) is 12.2. The number of carbonyl (C=O) groups excluding carboxylic acids is 1. The number of oxazole rings is 1. The number of hydrogen-bond donors (Lipinski definition) is 1. The molecule has 0 saturated heterocycles. The van der Waals surface area contributed by atoms with Crippen LogP contribution in [0.25, 0.3) is 22.5 Å². The van der Waals surface area contributed by atoms with Crippen LogP contribution < -0.4 is 10.1 Å². The Hall–Kier alpha value is -4.65. The molecule has 7 heteroatoms. The molecular weight excluding hydrogens is 464 g/mol. The third-order valence-electron chi connectivity index (χ3n) is 6.18. The maximum atomic E-state index is 12.6. The number of imidazole rings is 1. The normalized spacial score (nSPS) is 10.8. The van der Waals surface area contributed by atoms with E-state index in [4.69, 9.17) is 9.15 Å². The van der Waals surface area contributed by atoms with Crippen molar-refractivity contribution in [3.05, 3.63) is 115 Å². The number of nitrogens with one attached hydrogen (secondary N) is 1. The predicted octanol–water partition coefficient (Wildman–Crippen LogP) is 5.51. The number of aryl methyl sites for hydroxylation is 1. The summed E-state index contributed by atoms with van der Waals surface area (Å²) in [4.78, 5) is 21.0. The van der Waals surface area contributed by atoms with Gasteiger partial charge in [-0.1, -0.05) is 48.5 Å². The fourth-order valence-electron chi connectivity index (χ4n) is 4.15. The summed E-state index contributed by atoms with van der Waals surface area (Å²) in [6.07, 6.45) is 7.97. The summed E-state index contributed by atoms with van der Waals surface area (Å²) in [6, 6.07) is 24.2. The molecule has 7 nitrogen and oxygen atoms in total. The van der Waals surface area contributed by atoms with Gasteiger partial charge in [-0.3, -0.25) is 4.79 Å². The third-order valence-corrected chi connectivity index (χ3v) is 6.18. The number of aromatic nitrogens is 3. The Morgan fingerprint density at radius 1 is 1.00 bits per heavy atom. The summed E-state index contributed by atoms with van der Waals surface area (Å²) in [6.45, 7) is 1.23. The van der Waals surface area contributed by atoms with Gasteiger partial charge in [-0.15, -0.1) is 0 Å². The van der Waals surface area contributed by atoms with Crippen LogP contribution in [0.5, 0.6) is 5.75 Å². The topological polar surface area (TPSA) is 82.2 Å². The van der Waals surface area contributed by atoms with Crippen molar-refractivity contribution in [1.29, 1.82) is 0 Å². The lowest BCUT2D eigenvalue weighted by Gasteiger charge is -2.12. The van der Waals surface area contributed by atoms with E-state index in [0.29, 0.717) is 31.0 Å². The number of amides is 1. The maximum Gasteiger partial charge on any atom is 0.220 e. The number of hydrogen-bond acceptors (Lipinski definition) is 5. The Labute approximate surface area is 215 Å². The molecule has 0 bridgehead atoms. The minimum atomic E-state index is -0.0466. The van der Waals surface area contributed by atoms with Crippen molar-refractivity contribution in [1.82, 2.24) is 19.9 Å². The summed E-state index contributed by atoms with van der Waals surface area (Å²) >= 11 is 0. The molecule has 1 amide bonds. The van der Waals surface area contributed by atoms with Gasteiger partial charge in [0.25, 0.3) is 0 Å². The Morgan fingerprint density at radius 2 is 1.78 bits per heavy atom. The molecule has 0 spiro atoms. The minimum Gasteiger partial charge on any atom is -0.497 e. The molecule has 0 radical (unpaired) electrons. The average Bonchev–Trinajstić information content (AvgIpc) is 3.64. The van der Waals surface area contributed by atoms with Crippen LogP contribution >= 0.6 is 0 Å². The highest BCUT2D eigenvalue weighted by molar-refractivity contribution is 5.76. The summed E-state index contributed by atoms with van der Waals surface area (Å²) < 4.78 is 13.1. The molecule has 0 atom stereocenters. The van der Waals surface area contributed by atoms with Crippen LogP contribution in [-0.2, 0) is 24.3 Å². The van der Waals surface area contributed by atoms with Crippen LogP contribution in [0.15, 0.2) is 102 Å². The summed E-state index contributed by atoms with van der Waals surface area (Å²) in [7, 11) is 1.63. The number of ether oxygens (including phenoxy) is 1. The van der Waals surface area contributed by atoms with Gasteiger partial charge in [0.15, 0.2) is 11.7 Å². The van der Waals surface area contributed by atoms with Gasteiger partial charge in [-0.05, 0) is 46.5 Å². The molecule has 37 heavy (non-hydrogen) atoms. The van der Waals surface area contributed by atoms with E-state index in [1.54, 1.807) is 19.5 Å². The molecule has 0 saturated carbocycles. The summed E-state index contributed by atoms with van der Waals surface area (Å²) in [5, 5.41) is 3.04. The van der Waals surface area contributed by atoms with Crippen LogP contribution in [-0.4, -0.2) is 27.6 Å². The summed E-state index contributed by atoms with van der Waals surface area (Å²) in [5.74, 6) is 1.94. The Kier molecular flexibility index (Phi) is 7.41. The van der Waals surface area contributed by atoms with Crippen molar-refractivity contribution >= 4 is 5.91 Å². The average molecular weight is 493 g/mol. The first-order valence-electron chi connectivity index (χ1n) is 12.2. The Bertz CT molecular complexity index is 1440. The molecule has 0 aliphatic carbocycles. The molecule has 0 aliphatic rings. The summed E-state index contributed by atoms with van der Waals surface area (Å²) in [5.41, 5.74) is 5.40. The van der Waals surface area contributed by atoms with Gasteiger partial charge in [0, 0.05) is 43.9 Å². The third kappa shape index (κ3) is 6.13. The van der Waals surface area contributed by atoms with Crippen LogP contribution in [0, 0.1) is 0 Å². The van der Waals surface area contributed by atoms with Crippen LogP contribution in [0.1, 0.15) is 23.4 Å². The van der Waals surface area contributed by atoms with E-state index in [0.717, 1.165) is 34.5 Å². The van der Waals surface area contributed by atoms with E-state index < -0.39 is 0 Å². The first kappa shape index (κ1) is 24.1. The Morgan fingerprint density at radius 3 is 2.54 bits per heavy atom. The second-order valence-electron chi connectivity index (χ2n) is 8.71. The molecule has 0 aliphatic heterocycles. The van der Waals surface area contributed by atoms with Gasteiger partial charge in [0.1, 0.15) is 5.75 Å². The fourth-order valence-corrected chi connectivity index (χ4v) is 4.15. The zero-order chi connectivity index (χ0) is 25.5. The zero-order valence-corrected chi connectivity index (χ0v) is 20.6. The van der Waals surface area contributed by atoms with Gasteiger partial charge in [0.2, 0.25) is 5.91 Å². The fraction of sp³-hybridized carbons (Fsp3) is 0.167. The molecule has 186 valence electrons. The molecule has 0 fully saturated rings. The van der Waals surface area contributed by atoms with Crippen molar-refractivity contribution in [2.45, 2.75) is 25.9 Å².